The second-order valence-corrected chi connectivity index (χ2v) is 3.85. The van der Waals surface area contributed by atoms with Crippen LogP contribution in [0.2, 0.25) is 0 Å². The molecule has 0 aromatic heterocycles. The Morgan fingerprint density at radius 3 is 2.31 bits per heavy atom. The van der Waals surface area contributed by atoms with Gasteiger partial charge in [-0.25, -0.2) is 0 Å². The molecule has 0 N–H and O–H groups in total. The van der Waals surface area contributed by atoms with Crippen molar-refractivity contribution in [1.29, 1.82) is 10.5 Å². The topological polar surface area (TPSA) is 66.0 Å². The first-order valence-electron chi connectivity index (χ1n) is 5.86. The Hall–Kier alpha value is -1.42. The molecule has 0 aromatic carbocycles. The van der Waals surface area contributed by atoms with Crippen LogP contribution in [-0.4, -0.2) is 13.2 Å². The fourth-order valence-corrected chi connectivity index (χ4v) is 1.64. The molecule has 0 rings (SSSR count). The molecule has 0 amide bonds. The maximum atomic E-state index is 8.36. The molecule has 1 unspecified atom stereocenters. The zero-order valence-corrected chi connectivity index (χ0v) is 9.95. The van der Waals surface area contributed by atoms with Crippen LogP contribution in [0.15, 0.2) is 0 Å². The maximum Gasteiger partial charge on any atom is 0.286 e. The van der Waals surface area contributed by atoms with Gasteiger partial charge in [-0.1, -0.05) is 26.2 Å². The zero-order valence-electron chi connectivity index (χ0n) is 9.95. The summed E-state index contributed by atoms with van der Waals surface area (Å²) in [6.45, 7) is 3.13. The Morgan fingerprint density at radius 2 is 1.69 bits per heavy atom. The lowest BCUT2D eigenvalue weighted by atomic mass is 9.97. The van der Waals surface area contributed by atoms with Crippen molar-refractivity contribution in [3.63, 3.8) is 0 Å². The Labute approximate surface area is 97.8 Å². The van der Waals surface area contributed by atoms with Crippen LogP contribution in [0.25, 0.3) is 0 Å². The summed E-state index contributed by atoms with van der Waals surface area (Å²) in [7, 11) is 0. The Morgan fingerprint density at radius 1 is 1.00 bits per heavy atom. The van der Waals surface area contributed by atoms with Crippen molar-refractivity contribution in [1.82, 2.24) is 0 Å². The van der Waals surface area contributed by atoms with Gasteiger partial charge in [-0.15, -0.1) is 0 Å². The van der Waals surface area contributed by atoms with E-state index in [1.54, 1.807) is 12.5 Å². The van der Waals surface area contributed by atoms with Crippen molar-refractivity contribution in [3.05, 3.63) is 0 Å². The molecule has 0 radical (unpaired) electrons. The molecule has 0 saturated carbocycles. The number of nitriles is 2. The quantitative estimate of drug-likeness (QED) is 0.422. The van der Waals surface area contributed by atoms with E-state index in [0.717, 1.165) is 19.3 Å². The van der Waals surface area contributed by atoms with Crippen LogP contribution in [0.4, 0.5) is 0 Å². The maximum absolute atomic E-state index is 8.36. The summed E-state index contributed by atoms with van der Waals surface area (Å²) in [6.07, 6.45) is 9.84. The summed E-state index contributed by atoms with van der Waals surface area (Å²) in [5.74, 6) is 0.411. The van der Waals surface area contributed by atoms with Gasteiger partial charge in [0.2, 0.25) is 0 Å². The smallest absolute Gasteiger partial charge is 0.286 e. The molecule has 0 aliphatic rings. The lowest BCUT2D eigenvalue weighted by molar-refractivity contribution is 0.179. The van der Waals surface area contributed by atoms with E-state index < -0.39 is 0 Å². The summed E-state index contributed by atoms with van der Waals surface area (Å²) in [6, 6.07) is 0. The van der Waals surface area contributed by atoms with Gasteiger partial charge >= 0.3 is 0 Å². The van der Waals surface area contributed by atoms with E-state index in [-0.39, 0.29) is 0 Å². The summed E-state index contributed by atoms with van der Waals surface area (Å²) < 4.78 is 9.40. The summed E-state index contributed by atoms with van der Waals surface area (Å²) in [5, 5.41) is 16.6. The van der Waals surface area contributed by atoms with Crippen LogP contribution in [0.1, 0.15) is 45.4 Å². The van der Waals surface area contributed by atoms with Gasteiger partial charge in [0.05, 0.1) is 0 Å². The second-order valence-electron chi connectivity index (χ2n) is 3.85. The zero-order chi connectivity index (χ0) is 12.1. The molecule has 16 heavy (non-hydrogen) atoms. The molecular formula is C12H20N2O2. The molecule has 4 heteroatoms. The van der Waals surface area contributed by atoms with Crippen molar-refractivity contribution < 1.29 is 9.47 Å². The molecule has 0 fully saturated rings. The van der Waals surface area contributed by atoms with Crippen LogP contribution < -0.4 is 0 Å². The average Bonchev–Trinajstić information content (AvgIpc) is 2.31. The fourth-order valence-electron chi connectivity index (χ4n) is 1.64. The van der Waals surface area contributed by atoms with Crippen LogP contribution >= 0.6 is 0 Å². The van der Waals surface area contributed by atoms with Gasteiger partial charge in [0, 0.05) is 0 Å². The highest BCUT2D eigenvalue weighted by Gasteiger charge is 2.09. The number of ether oxygens (including phenoxy) is 2. The highest BCUT2D eigenvalue weighted by atomic mass is 16.5. The molecular weight excluding hydrogens is 204 g/mol. The Balaban J connectivity index is 3.64. The van der Waals surface area contributed by atoms with E-state index in [9.17, 15) is 0 Å². The average molecular weight is 224 g/mol. The summed E-state index contributed by atoms with van der Waals surface area (Å²) in [4.78, 5) is 0. The lowest BCUT2D eigenvalue weighted by Crippen LogP contribution is -2.09. The number of rotatable bonds is 10. The molecule has 90 valence electrons. The van der Waals surface area contributed by atoms with E-state index in [1.807, 2.05) is 0 Å². The van der Waals surface area contributed by atoms with Crippen molar-refractivity contribution in [2.45, 2.75) is 45.4 Å². The van der Waals surface area contributed by atoms with Gasteiger partial charge in [-0.2, -0.15) is 10.5 Å². The molecule has 0 bridgehead atoms. The van der Waals surface area contributed by atoms with Crippen molar-refractivity contribution in [3.8, 4) is 12.5 Å². The molecule has 0 saturated heterocycles. The standard InChI is InChI=1S/C12H20N2O2/c1-2-3-4-6-12(9-16-11-14)7-5-8-15-10-13/h12H,2-9H2,1H3. The summed E-state index contributed by atoms with van der Waals surface area (Å²) >= 11 is 0. The van der Waals surface area contributed by atoms with E-state index in [1.165, 1.54) is 19.3 Å². The minimum Gasteiger partial charge on any atom is -0.428 e. The molecule has 0 spiro atoms. The molecule has 0 aliphatic carbocycles. The van der Waals surface area contributed by atoms with Gasteiger partial charge in [0.15, 0.2) is 0 Å². The van der Waals surface area contributed by atoms with Crippen LogP contribution in [0, 0.1) is 29.0 Å². The lowest BCUT2D eigenvalue weighted by Gasteiger charge is -2.14. The SMILES string of the molecule is CCCCCC(CCCOC#N)COC#N. The van der Waals surface area contributed by atoms with E-state index >= 15 is 0 Å². The van der Waals surface area contributed by atoms with E-state index in [0.29, 0.717) is 19.1 Å². The third-order valence-electron chi connectivity index (χ3n) is 2.52. The second kappa shape index (κ2) is 11.7. The minimum atomic E-state index is 0.411. The van der Waals surface area contributed by atoms with Crippen molar-refractivity contribution in [2.24, 2.45) is 5.92 Å². The number of hydrogen-bond donors (Lipinski definition) is 0. The third kappa shape index (κ3) is 9.15. The van der Waals surface area contributed by atoms with Crippen LogP contribution in [0.3, 0.4) is 0 Å². The first-order chi connectivity index (χ1) is 7.85. The molecule has 4 nitrogen and oxygen atoms in total. The molecule has 0 heterocycles. The van der Waals surface area contributed by atoms with Crippen molar-refractivity contribution >= 4 is 0 Å². The highest BCUT2D eigenvalue weighted by Crippen LogP contribution is 2.16. The molecule has 1 atom stereocenters. The fraction of sp³-hybridized carbons (Fsp3) is 0.833. The Bertz CT molecular complexity index is 230. The molecule has 0 aliphatic heterocycles. The van der Waals surface area contributed by atoms with Gasteiger partial charge < -0.3 is 9.47 Å². The monoisotopic (exact) mass is 224 g/mol. The largest absolute Gasteiger partial charge is 0.428 e. The van der Waals surface area contributed by atoms with E-state index in [4.69, 9.17) is 15.3 Å². The van der Waals surface area contributed by atoms with Gasteiger partial charge in [0.1, 0.15) is 13.2 Å². The molecule has 0 aromatic rings. The number of hydrogen-bond acceptors (Lipinski definition) is 4. The van der Waals surface area contributed by atoms with Gasteiger partial charge in [-0.05, 0) is 25.2 Å². The predicted octanol–water partition coefficient (Wildman–Crippen LogP) is 2.96. The van der Waals surface area contributed by atoms with Crippen LogP contribution in [-0.2, 0) is 9.47 Å². The normalized spacial score (nSPS) is 11.2. The van der Waals surface area contributed by atoms with Crippen LogP contribution in [0.5, 0.6) is 0 Å². The Kier molecular flexibility index (Phi) is 10.6. The number of nitrogens with zero attached hydrogens (tertiary/aromatic N) is 2. The third-order valence-corrected chi connectivity index (χ3v) is 2.52. The predicted molar refractivity (Wildman–Crippen MR) is 60.0 cm³/mol. The van der Waals surface area contributed by atoms with Crippen molar-refractivity contribution in [2.75, 3.05) is 13.2 Å². The minimum absolute atomic E-state index is 0.411. The first-order valence-corrected chi connectivity index (χ1v) is 5.86. The van der Waals surface area contributed by atoms with Gasteiger partial charge in [0.25, 0.3) is 12.5 Å². The van der Waals surface area contributed by atoms with E-state index in [2.05, 4.69) is 11.7 Å². The summed E-state index contributed by atoms with van der Waals surface area (Å²) in [5.41, 5.74) is 0. The first kappa shape index (κ1) is 14.6. The highest BCUT2D eigenvalue weighted by molar-refractivity contribution is 4.62. The number of unbranched alkanes of at least 4 members (excludes halogenated alkanes) is 2. The van der Waals surface area contributed by atoms with Gasteiger partial charge in [-0.3, -0.25) is 0 Å².